The van der Waals surface area contributed by atoms with Crippen LogP contribution in [0.1, 0.15) is 16.2 Å². The molecule has 0 aliphatic carbocycles. The number of rotatable bonds is 4. The molecule has 0 radical (unpaired) electrons. The van der Waals surface area contributed by atoms with Crippen LogP contribution in [0.3, 0.4) is 0 Å². The van der Waals surface area contributed by atoms with Crippen LogP contribution in [0.5, 0.6) is 0 Å². The van der Waals surface area contributed by atoms with Gasteiger partial charge in [0.05, 0.1) is 0 Å². The fourth-order valence-corrected chi connectivity index (χ4v) is 1.97. The molecule has 0 N–H and O–H groups in total. The normalized spacial score (nSPS) is 10.3. The molecule has 2 heterocycles. The van der Waals surface area contributed by atoms with E-state index >= 15 is 0 Å². The Hall–Kier alpha value is -1.47. The highest BCUT2D eigenvalue weighted by Gasteiger charge is 2.13. The minimum atomic E-state index is -0.217. The highest BCUT2D eigenvalue weighted by Crippen LogP contribution is 2.12. The van der Waals surface area contributed by atoms with Gasteiger partial charge in [-0.3, -0.25) is 4.79 Å². The van der Waals surface area contributed by atoms with Crippen LogP contribution in [-0.2, 0) is 0 Å². The van der Waals surface area contributed by atoms with Gasteiger partial charge in [0, 0.05) is 12.4 Å². The zero-order valence-corrected chi connectivity index (χ0v) is 11.5. The quantitative estimate of drug-likeness (QED) is 0.481. The summed E-state index contributed by atoms with van der Waals surface area (Å²) >= 11 is 2.78. The molecule has 2 aromatic rings. The van der Waals surface area contributed by atoms with Crippen molar-refractivity contribution in [3.8, 4) is 0 Å². The van der Waals surface area contributed by atoms with E-state index in [4.69, 9.17) is 0 Å². The first-order chi connectivity index (χ1) is 8.74. The van der Waals surface area contributed by atoms with Gasteiger partial charge in [0.15, 0.2) is 10.3 Å². The van der Waals surface area contributed by atoms with Gasteiger partial charge in [-0.2, -0.15) is 0 Å². The number of carbonyl (C=O) groups is 1. The fourth-order valence-electron chi connectivity index (χ4n) is 1.26. The van der Waals surface area contributed by atoms with Gasteiger partial charge in [-0.25, -0.2) is 19.9 Å². The van der Waals surface area contributed by atoms with Gasteiger partial charge in [-0.1, -0.05) is 23.5 Å². The van der Waals surface area contributed by atoms with Crippen LogP contribution in [0.4, 0.5) is 0 Å². The molecule has 0 atom stereocenters. The summed E-state index contributed by atoms with van der Waals surface area (Å²) < 4.78 is 0. The average molecular weight is 278 g/mol. The summed E-state index contributed by atoms with van der Waals surface area (Å²) in [7, 11) is 0. The molecule has 7 heteroatoms. The average Bonchev–Trinajstić information content (AvgIpc) is 2.46. The molecule has 0 amide bonds. The van der Waals surface area contributed by atoms with E-state index in [0.717, 1.165) is 0 Å². The maximum Gasteiger partial charge on any atom is 0.229 e. The largest absolute Gasteiger partial charge is 0.285 e. The monoisotopic (exact) mass is 278 g/mol. The van der Waals surface area contributed by atoms with Crippen LogP contribution >= 0.6 is 23.5 Å². The van der Waals surface area contributed by atoms with E-state index in [-0.39, 0.29) is 5.78 Å². The lowest BCUT2D eigenvalue weighted by Gasteiger charge is -2.02. The summed E-state index contributed by atoms with van der Waals surface area (Å²) in [5, 5.41) is 1.14. The minimum absolute atomic E-state index is 0.217. The number of ketones is 1. The molecular weight excluding hydrogens is 268 g/mol. The Kier molecular flexibility index (Phi) is 4.27. The molecular formula is C11H10N4OS2. The lowest BCUT2D eigenvalue weighted by atomic mass is 10.2. The molecule has 0 fully saturated rings. The Morgan fingerprint density at radius 3 is 1.78 bits per heavy atom. The number of nitrogens with zero attached hydrogens (tertiary/aromatic N) is 4. The highest BCUT2D eigenvalue weighted by molar-refractivity contribution is 7.98. The standard InChI is InChI=1S/C11H10N4OS2/c1-17-10-12-5-3-7(14-10)9(16)8-4-6-13-11(15-8)18-2/h3-6H,1-2H3. The number of hydrogen-bond acceptors (Lipinski definition) is 7. The predicted octanol–water partition coefficient (Wildman–Crippen LogP) is 1.94. The summed E-state index contributed by atoms with van der Waals surface area (Å²) in [5.74, 6) is -0.217. The van der Waals surface area contributed by atoms with Gasteiger partial charge in [0.25, 0.3) is 0 Å². The molecule has 92 valence electrons. The van der Waals surface area contributed by atoms with E-state index < -0.39 is 0 Å². The fraction of sp³-hybridized carbons (Fsp3) is 0.182. The predicted molar refractivity (Wildman–Crippen MR) is 71.1 cm³/mol. The molecule has 5 nitrogen and oxygen atoms in total. The topological polar surface area (TPSA) is 68.6 Å². The van der Waals surface area contributed by atoms with Crippen LogP contribution in [0, 0.1) is 0 Å². The number of hydrogen-bond donors (Lipinski definition) is 0. The maximum atomic E-state index is 12.2. The van der Waals surface area contributed by atoms with Crippen LogP contribution < -0.4 is 0 Å². The molecule has 0 aliphatic heterocycles. The van der Waals surface area contributed by atoms with Gasteiger partial charge < -0.3 is 0 Å². The Labute approximate surface area is 113 Å². The van der Waals surface area contributed by atoms with E-state index in [9.17, 15) is 4.79 Å². The molecule has 2 rings (SSSR count). The second-order valence-electron chi connectivity index (χ2n) is 3.19. The van der Waals surface area contributed by atoms with Crippen molar-refractivity contribution in [1.29, 1.82) is 0 Å². The number of aromatic nitrogens is 4. The van der Waals surface area contributed by atoms with E-state index in [0.29, 0.717) is 21.7 Å². The summed E-state index contributed by atoms with van der Waals surface area (Å²) in [5.41, 5.74) is 0.695. The highest BCUT2D eigenvalue weighted by atomic mass is 32.2. The molecule has 0 unspecified atom stereocenters. The van der Waals surface area contributed by atoms with Gasteiger partial charge >= 0.3 is 0 Å². The minimum Gasteiger partial charge on any atom is -0.285 e. The van der Waals surface area contributed by atoms with E-state index in [1.165, 1.54) is 23.5 Å². The van der Waals surface area contributed by atoms with Crippen LogP contribution in [0.25, 0.3) is 0 Å². The summed E-state index contributed by atoms with van der Waals surface area (Å²) in [4.78, 5) is 28.6. The van der Waals surface area contributed by atoms with Crippen molar-refractivity contribution in [2.45, 2.75) is 10.3 Å². The lowest BCUT2D eigenvalue weighted by Crippen LogP contribution is -2.08. The maximum absolute atomic E-state index is 12.2. The van der Waals surface area contributed by atoms with Crippen molar-refractivity contribution in [3.63, 3.8) is 0 Å². The molecule has 2 aromatic heterocycles. The Balaban J connectivity index is 2.34. The van der Waals surface area contributed by atoms with Crippen molar-refractivity contribution in [1.82, 2.24) is 19.9 Å². The lowest BCUT2D eigenvalue weighted by molar-refractivity contribution is 0.102. The van der Waals surface area contributed by atoms with Crippen molar-refractivity contribution in [2.75, 3.05) is 12.5 Å². The van der Waals surface area contributed by atoms with Crippen LogP contribution in [0.2, 0.25) is 0 Å². The molecule has 0 saturated carbocycles. The molecule has 0 saturated heterocycles. The van der Waals surface area contributed by atoms with Crippen molar-refractivity contribution in [3.05, 3.63) is 35.9 Å². The van der Waals surface area contributed by atoms with Crippen LogP contribution in [0.15, 0.2) is 34.8 Å². The van der Waals surface area contributed by atoms with Gasteiger partial charge in [0.1, 0.15) is 11.4 Å². The third kappa shape index (κ3) is 2.85. The van der Waals surface area contributed by atoms with Gasteiger partial charge in [-0.05, 0) is 24.6 Å². The third-order valence-electron chi connectivity index (χ3n) is 2.10. The van der Waals surface area contributed by atoms with Crippen LogP contribution in [-0.4, -0.2) is 38.2 Å². The first kappa shape index (κ1) is 13.0. The molecule has 0 spiro atoms. The second-order valence-corrected chi connectivity index (χ2v) is 4.73. The summed E-state index contributed by atoms with van der Waals surface area (Å²) in [6.45, 7) is 0. The van der Waals surface area contributed by atoms with Crippen molar-refractivity contribution < 1.29 is 4.79 Å². The third-order valence-corrected chi connectivity index (χ3v) is 3.22. The van der Waals surface area contributed by atoms with Crippen molar-refractivity contribution in [2.24, 2.45) is 0 Å². The zero-order chi connectivity index (χ0) is 13.0. The zero-order valence-electron chi connectivity index (χ0n) is 9.82. The smallest absolute Gasteiger partial charge is 0.229 e. The van der Waals surface area contributed by atoms with Gasteiger partial charge in [0.2, 0.25) is 5.78 Å². The summed E-state index contributed by atoms with van der Waals surface area (Å²) in [6, 6.07) is 3.17. The van der Waals surface area contributed by atoms with E-state index in [2.05, 4.69) is 19.9 Å². The van der Waals surface area contributed by atoms with Gasteiger partial charge in [-0.15, -0.1) is 0 Å². The van der Waals surface area contributed by atoms with E-state index in [1.807, 2.05) is 12.5 Å². The van der Waals surface area contributed by atoms with E-state index in [1.54, 1.807) is 24.5 Å². The Morgan fingerprint density at radius 1 is 0.944 bits per heavy atom. The number of carbonyl (C=O) groups excluding carboxylic acids is 1. The first-order valence-electron chi connectivity index (χ1n) is 5.03. The second kappa shape index (κ2) is 5.92. The first-order valence-corrected chi connectivity index (χ1v) is 7.48. The number of thioether (sulfide) groups is 2. The Bertz CT molecular complexity index is 527. The Morgan fingerprint density at radius 2 is 1.39 bits per heavy atom. The molecule has 0 bridgehead atoms. The summed E-state index contributed by atoms with van der Waals surface area (Å²) in [6.07, 6.45) is 6.87. The molecule has 0 aliphatic rings. The van der Waals surface area contributed by atoms with Crippen molar-refractivity contribution >= 4 is 29.3 Å². The molecule has 0 aromatic carbocycles. The SMILES string of the molecule is CSc1nccc(C(=O)c2ccnc(SC)n2)n1. The molecule has 18 heavy (non-hydrogen) atoms.